The van der Waals surface area contributed by atoms with E-state index in [4.69, 9.17) is 20.9 Å². The van der Waals surface area contributed by atoms with E-state index < -0.39 is 186 Å². The number of aromatic nitrogens is 8. The van der Waals surface area contributed by atoms with Crippen LogP contribution < -0.4 is 71.9 Å². The van der Waals surface area contributed by atoms with Crippen LogP contribution in [0.25, 0.3) is 22.3 Å². The van der Waals surface area contributed by atoms with Crippen molar-refractivity contribution in [3.05, 3.63) is 25.3 Å². The number of carbonyl (C=O) groups is 6. The van der Waals surface area contributed by atoms with E-state index in [-0.39, 0.29) is 96.0 Å². The highest BCUT2D eigenvalue weighted by atomic mass is 32.2. The molecule has 14 N–H and O–H groups in total. The smallest absolute Gasteiger partial charge is 0.274 e. The lowest BCUT2D eigenvalue weighted by atomic mass is 9.87. The number of hydrogen-bond acceptors (Lipinski definition) is 46. The van der Waals surface area contributed by atoms with Crippen LogP contribution in [-0.4, -0.2) is 228 Å². The lowest BCUT2D eigenvalue weighted by Crippen LogP contribution is -2.46. The molecule has 2 saturated heterocycles. The molecular weight excluding hydrogens is 1620 g/mol. The van der Waals surface area contributed by atoms with Gasteiger partial charge in [-0.3, -0.25) is 56.2 Å². The number of amides is 4. The number of nitrogens with two attached hydrogens (primary N) is 2. The van der Waals surface area contributed by atoms with E-state index in [1.165, 1.54) is 48.5 Å². The third-order valence-electron chi connectivity index (χ3n) is 14.4. The molecule has 14 unspecified atom stereocenters. The van der Waals surface area contributed by atoms with Gasteiger partial charge in [-0.1, -0.05) is 51.2 Å². The van der Waals surface area contributed by atoms with Gasteiger partial charge < -0.3 is 148 Å². The third-order valence-corrected chi connectivity index (χ3v) is 22.5. The number of carbonyl (C=O) groups excluding carboxylic acids is 6. The van der Waals surface area contributed by atoms with Crippen molar-refractivity contribution in [1.29, 1.82) is 0 Å². The summed E-state index contributed by atoms with van der Waals surface area (Å²) in [6.07, 6.45) is -16.2. The van der Waals surface area contributed by atoms with Crippen molar-refractivity contribution in [1.82, 2.24) is 60.3 Å². The fourth-order valence-electron chi connectivity index (χ4n) is 9.00. The highest BCUT2D eigenvalue weighted by molar-refractivity contribution is 8.14. The van der Waals surface area contributed by atoms with Crippen LogP contribution in [0.5, 0.6) is 0 Å². The highest BCUT2D eigenvalue weighted by Gasteiger charge is 2.49. The first-order valence-corrected chi connectivity index (χ1v) is 41.7. The van der Waals surface area contributed by atoms with Crippen molar-refractivity contribution in [2.24, 2.45) is 10.8 Å². The standard InChI is InChI=1S/2C25H42N7O18P3S/c1-24(2,18(35)21(36)28-6-5-14(33)27-7-8-54-23(37)25(3,4)38)10-47-53(44,45)50-52(42,43)46-9-13-17(49-51(39,40)41)16(34)22(48-13)32-12-31-15-19(26)29-11-30-20(15)32;1-13(33)8-16(35)54-7-6-27-15(34)4-5-28-23(38)20(37)25(2,3)10-47-53(44,45)50-52(42,43)46-9-14-19(49-51(39,40)41)18(36)24(48-14)32-12-31-17-21(26)29-11-30-22(17)32/h11-13,16-18,22,34-35,38H,5-10H2,1-4H3,(H,27,33)(H,28,36)(H,42,43)(H,44,45)(H2,26,29,30)(H2,39,40,41);11-14,18-20,24,33,36-37H,4-10H2,1-3H3,(H,27,34)(H,28,38)(H,42,43)(H,44,45)(H2,26,29,30)(H2,39,40,41)/p-8/t;13-,14?,18?,19?,20?,24?/m.1/s1. The van der Waals surface area contributed by atoms with E-state index >= 15 is 0 Å². The summed E-state index contributed by atoms with van der Waals surface area (Å²) in [5, 5.41) is 70.1. The van der Waals surface area contributed by atoms with Crippen molar-refractivity contribution < 1.29 is 171 Å². The van der Waals surface area contributed by atoms with Gasteiger partial charge in [-0.2, -0.15) is 0 Å². The van der Waals surface area contributed by atoms with Crippen molar-refractivity contribution in [2.75, 3.05) is 75.6 Å². The number of phosphoric ester groups is 6. The molecule has 612 valence electrons. The molecular formula is C50H76N14O36P6S2-8. The van der Waals surface area contributed by atoms with Crippen LogP contribution in [0.1, 0.15) is 80.2 Å². The number of rotatable bonds is 41. The number of nitrogen functional groups attached to an aromatic ring is 2. The number of anilines is 2. The SMILES string of the molecule is CC(C)(O)C(=O)SCCNC(=O)CCNC(=O)C(O)C(C)(C)COP(=O)([O-])OP(=O)([O-])OCC1OC(n2cnc3c(N)ncnc32)C(O)C1OP(=O)([O-])[O-].C[C@@H](O)CC(=O)SCCNC(=O)CCNC(=O)C(O)C(C)(C)COP(=O)([O-])OP(=O)([O-])OCC1OC(n2cnc3c(N)ncnc32)C(O)C1OP(=O)([O-])[O-]. The van der Waals surface area contributed by atoms with Gasteiger partial charge in [0.15, 0.2) is 40.5 Å². The van der Waals surface area contributed by atoms with E-state index in [9.17, 15) is 126 Å². The summed E-state index contributed by atoms with van der Waals surface area (Å²) in [7, 11) is -35.2. The van der Waals surface area contributed by atoms with E-state index in [1.54, 1.807) is 0 Å². The number of thioether (sulfide) groups is 2. The normalized spacial score (nSPS) is 22.5. The van der Waals surface area contributed by atoms with Crippen LogP contribution in [0.15, 0.2) is 25.3 Å². The topological polar surface area (TPSA) is 790 Å². The molecule has 0 aliphatic carbocycles. The summed E-state index contributed by atoms with van der Waals surface area (Å²) < 4.78 is 121. The minimum Gasteiger partial charge on any atom is -0.790 e. The fraction of sp³-hybridized carbons (Fsp3) is 0.680. The Morgan fingerprint density at radius 2 is 0.926 bits per heavy atom. The summed E-state index contributed by atoms with van der Waals surface area (Å²) in [5.74, 6) is -2.83. The summed E-state index contributed by atoms with van der Waals surface area (Å²) >= 11 is 1.74. The zero-order chi connectivity index (χ0) is 81.5. The number of aliphatic hydroxyl groups excluding tert-OH is 5. The van der Waals surface area contributed by atoms with Gasteiger partial charge in [-0.15, -0.1) is 0 Å². The van der Waals surface area contributed by atoms with Crippen LogP contribution in [0, 0.1) is 10.8 Å². The van der Waals surface area contributed by atoms with Crippen molar-refractivity contribution in [2.45, 2.75) is 141 Å². The number of nitrogens with zero attached hydrogens (tertiary/aromatic N) is 8. The zero-order valence-electron chi connectivity index (χ0n) is 57.5. The molecule has 58 heteroatoms. The molecule has 0 aromatic carbocycles. The monoisotopic (exact) mass is 1700 g/mol. The summed E-state index contributed by atoms with van der Waals surface area (Å²) in [5.41, 5.74) is 6.53. The molecule has 0 bridgehead atoms. The van der Waals surface area contributed by atoms with E-state index in [1.807, 2.05) is 0 Å². The first-order valence-electron chi connectivity index (χ1n) is 31.0. The number of hydrogen-bond donors (Lipinski definition) is 12. The van der Waals surface area contributed by atoms with Crippen LogP contribution in [-0.2, 0) is 101 Å². The van der Waals surface area contributed by atoms with Gasteiger partial charge in [0.1, 0.15) is 78.1 Å². The maximum atomic E-state index is 12.5. The lowest BCUT2D eigenvalue weighted by Gasteiger charge is -2.36. The maximum Gasteiger partial charge on any atom is 0.274 e. The maximum absolute atomic E-state index is 12.5. The van der Waals surface area contributed by atoms with E-state index in [0.717, 1.165) is 58.0 Å². The number of ether oxygens (including phenoxy) is 2. The van der Waals surface area contributed by atoms with Crippen LogP contribution in [0.3, 0.4) is 0 Å². The molecule has 6 rings (SSSR count). The quantitative estimate of drug-likeness (QED) is 0.0145. The van der Waals surface area contributed by atoms with Gasteiger partial charge >= 0.3 is 0 Å². The molecule has 0 spiro atoms. The number of imidazole rings is 2. The van der Waals surface area contributed by atoms with Gasteiger partial charge in [0.25, 0.3) is 31.3 Å². The number of nitrogens with one attached hydrogen (secondary N) is 4. The Balaban J connectivity index is 0.000000387. The predicted molar refractivity (Wildman–Crippen MR) is 349 cm³/mol. The largest absolute Gasteiger partial charge is 0.790 e. The molecule has 0 radical (unpaired) electrons. The Morgan fingerprint density at radius 1 is 0.565 bits per heavy atom. The highest BCUT2D eigenvalue weighted by Crippen LogP contribution is 2.58. The average molecular weight is 1700 g/mol. The van der Waals surface area contributed by atoms with Gasteiger partial charge in [-0.05, 0) is 20.8 Å². The molecule has 4 aromatic rings. The van der Waals surface area contributed by atoms with Gasteiger partial charge in [0.2, 0.25) is 28.7 Å². The summed E-state index contributed by atoms with van der Waals surface area (Å²) in [6, 6.07) is 0. The minimum atomic E-state index is -5.92. The molecule has 108 heavy (non-hydrogen) atoms. The Morgan fingerprint density at radius 3 is 1.28 bits per heavy atom. The Bertz CT molecular complexity index is 4090. The third kappa shape index (κ3) is 29.5. The van der Waals surface area contributed by atoms with E-state index in [2.05, 4.69) is 86.9 Å². The van der Waals surface area contributed by atoms with E-state index in [0.29, 0.717) is 0 Å². The molecule has 50 nitrogen and oxygen atoms in total. The lowest BCUT2D eigenvalue weighted by molar-refractivity contribution is -0.348. The predicted octanol–water partition coefficient (Wildman–Crippen LogP) is -8.18. The Kier molecular flexibility index (Phi) is 34.0. The summed E-state index contributed by atoms with van der Waals surface area (Å²) in [6.45, 7) is 3.96. The number of phosphoric acid groups is 6. The van der Waals surface area contributed by atoms with Gasteiger partial charge in [0.05, 0.1) is 60.8 Å². The zero-order valence-corrected chi connectivity index (χ0v) is 64.5. The molecule has 2 aliphatic rings. The molecule has 6 heterocycles. The molecule has 4 amide bonds. The average Bonchev–Trinajstić information content (AvgIpc) is 1.62. The molecule has 4 aromatic heterocycles. The second kappa shape index (κ2) is 39.2. The molecule has 2 aliphatic heterocycles. The second-order valence-electron chi connectivity index (χ2n) is 24.9. The van der Waals surface area contributed by atoms with Crippen LogP contribution in [0.2, 0.25) is 0 Å². The Hall–Kier alpha value is -4.96. The van der Waals surface area contributed by atoms with Crippen molar-refractivity contribution in [3.63, 3.8) is 0 Å². The first kappa shape index (κ1) is 93.6. The molecule has 0 saturated carbocycles. The van der Waals surface area contributed by atoms with Crippen LogP contribution in [0.4, 0.5) is 11.6 Å². The first-order chi connectivity index (χ1) is 49.6. The molecule has 15 atom stereocenters. The minimum absolute atomic E-state index is 0.0260. The van der Waals surface area contributed by atoms with Gasteiger partial charge in [-0.25, -0.2) is 38.5 Å². The number of fused-ring (bicyclic) bond motifs is 2. The van der Waals surface area contributed by atoms with Crippen LogP contribution >= 0.6 is 70.5 Å². The van der Waals surface area contributed by atoms with Gasteiger partial charge in [0, 0.05) is 67.8 Å². The second-order valence-corrected chi connectivity index (χ2v) is 35.3. The molecule has 2 fully saturated rings. The van der Waals surface area contributed by atoms with Crippen molar-refractivity contribution in [3.8, 4) is 0 Å². The summed E-state index contributed by atoms with van der Waals surface area (Å²) in [4.78, 5) is 191. The number of aliphatic hydroxyl groups is 6. The fourth-order valence-corrected chi connectivity index (χ4v) is 16.0. The Labute approximate surface area is 619 Å². The van der Waals surface area contributed by atoms with Crippen molar-refractivity contribution >= 4 is 138 Å².